The molecule has 0 saturated carbocycles. The molecule has 0 unspecified atom stereocenters. The number of nitriles is 1. The van der Waals surface area contributed by atoms with E-state index in [1.807, 2.05) is 13.0 Å². The van der Waals surface area contributed by atoms with Crippen molar-refractivity contribution in [2.75, 3.05) is 11.9 Å². The van der Waals surface area contributed by atoms with Gasteiger partial charge in [0.15, 0.2) is 0 Å². The second-order valence-corrected chi connectivity index (χ2v) is 2.93. The van der Waals surface area contributed by atoms with Crippen molar-refractivity contribution in [1.82, 2.24) is 4.98 Å². The number of nitrogens with zero attached hydrogens (tertiary/aromatic N) is 2. The van der Waals surface area contributed by atoms with Gasteiger partial charge < -0.3 is 10.3 Å². The van der Waals surface area contributed by atoms with E-state index in [0.717, 1.165) is 0 Å². The third kappa shape index (κ3) is 2.68. The molecule has 0 aliphatic carbocycles. The molecule has 0 radical (unpaired) electrons. The highest BCUT2D eigenvalue weighted by Crippen LogP contribution is 2.09. The van der Waals surface area contributed by atoms with E-state index < -0.39 is 0 Å². The van der Waals surface area contributed by atoms with Crippen molar-refractivity contribution in [3.05, 3.63) is 27.7 Å². The maximum atomic E-state index is 11.2. The van der Waals surface area contributed by atoms with Crippen molar-refractivity contribution >= 4 is 12.0 Å². The van der Waals surface area contributed by atoms with Crippen LogP contribution in [0.5, 0.6) is 0 Å². The maximum Gasteiger partial charge on any atom is 0.266 e. The Morgan fingerprint density at radius 2 is 2.47 bits per heavy atom. The SMILES string of the molecule is CCN=CNc1cc(C#N)c(=O)[nH]c1C. The molecule has 5 nitrogen and oxygen atoms in total. The first-order valence-corrected chi connectivity index (χ1v) is 4.58. The van der Waals surface area contributed by atoms with Crippen LogP contribution >= 0.6 is 0 Å². The van der Waals surface area contributed by atoms with E-state index in [1.165, 1.54) is 6.07 Å². The predicted octanol–water partition coefficient (Wildman–Crippen LogP) is 1.02. The Kier molecular flexibility index (Phi) is 3.63. The first kappa shape index (κ1) is 11.0. The summed E-state index contributed by atoms with van der Waals surface area (Å²) in [6.07, 6.45) is 1.54. The van der Waals surface area contributed by atoms with Gasteiger partial charge in [-0.3, -0.25) is 9.79 Å². The molecule has 0 bridgehead atoms. The summed E-state index contributed by atoms with van der Waals surface area (Å²) in [4.78, 5) is 17.8. The maximum absolute atomic E-state index is 11.2. The van der Waals surface area contributed by atoms with Crippen LogP contribution in [-0.4, -0.2) is 17.9 Å². The van der Waals surface area contributed by atoms with Crippen LogP contribution in [0, 0.1) is 18.3 Å². The highest BCUT2D eigenvalue weighted by Gasteiger charge is 2.03. The molecule has 1 aromatic heterocycles. The van der Waals surface area contributed by atoms with Gasteiger partial charge in [0, 0.05) is 12.2 Å². The molecule has 0 spiro atoms. The lowest BCUT2D eigenvalue weighted by atomic mass is 10.2. The summed E-state index contributed by atoms with van der Waals surface area (Å²) in [6.45, 7) is 4.35. The zero-order chi connectivity index (χ0) is 11.3. The van der Waals surface area contributed by atoms with Crippen LogP contribution in [0.1, 0.15) is 18.2 Å². The van der Waals surface area contributed by atoms with Gasteiger partial charge in [0.1, 0.15) is 11.6 Å². The molecule has 1 aromatic rings. The molecule has 0 atom stereocenters. The molecular weight excluding hydrogens is 192 g/mol. The van der Waals surface area contributed by atoms with Crippen LogP contribution in [0.2, 0.25) is 0 Å². The van der Waals surface area contributed by atoms with Gasteiger partial charge in [-0.25, -0.2) is 0 Å². The molecule has 0 aliphatic rings. The van der Waals surface area contributed by atoms with E-state index in [4.69, 9.17) is 5.26 Å². The fourth-order valence-electron chi connectivity index (χ4n) is 1.06. The summed E-state index contributed by atoms with van der Waals surface area (Å²) in [7, 11) is 0. The van der Waals surface area contributed by atoms with Crippen molar-refractivity contribution in [3.8, 4) is 6.07 Å². The lowest BCUT2D eigenvalue weighted by Crippen LogP contribution is -2.13. The second-order valence-electron chi connectivity index (χ2n) is 2.93. The van der Waals surface area contributed by atoms with E-state index in [9.17, 15) is 4.79 Å². The van der Waals surface area contributed by atoms with Gasteiger partial charge in [-0.05, 0) is 19.9 Å². The van der Waals surface area contributed by atoms with Gasteiger partial charge in [-0.2, -0.15) is 5.26 Å². The number of hydrogen-bond donors (Lipinski definition) is 2. The minimum absolute atomic E-state index is 0.0907. The van der Waals surface area contributed by atoms with Crippen LogP contribution in [0.15, 0.2) is 15.9 Å². The van der Waals surface area contributed by atoms with E-state index in [-0.39, 0.29) is 11.1 Å². The van der Waals surface area contributed by atoms with Crippen LogP contribution in [-0.2, 0) is 0 Å². The first-order valence-electron chi connectivity index (χ1n) is 4.58. The molecule has 5 heteroatoms. The molecule has 0 aromatic carbocycles. The van der Waals surface area contributed by atoms with Crippen molar-refractivity contribution < 1.29 is 0 Å². The predicted molar refractivity (Wildman–Crippen MR) is 59.2 cm³/mol. The number of aromatic amines is 1. The number of rotatable bonds is 3. The quantitative estimate of drug-likeness (QED) is 0.569. The van der Waals surface area contributed by atoms with Crippen molar-refractivity contribution in [2.45, 2.75) is 13.8 Å². The van der Waals surface area contributed by atoms with Crippen LogP contribution < -0.4 is 10.9 Å². The number of H-pyrrole nitrogens is 1. The van der Waals surface area contributed by atoms with Gasteiger partial charge in [0.2, 0.25) is 0 Å². The molecule has 15 heavy (non-hydrogen) atoms. The van der Waals surface area contributed by atoms with Crippen LogP contribution in [0.3, 0.4) is 0 Å². The van der Waals surface area contributed by atoms with Crippen LogP contribution in [0.4, 0.5) is 5.69 Å². The Bertz CT molecular complexity index is 467. The summed E-state index contributed by atoms with van der Waals surface area (Å²) in [5.74, 6) is 0. The van der Waals surface area contributed by atoms with Crippen molar-refractivity contribution in [2.24, 2.45) is 4.99 Å². The number of aliphatic imine (C=N–C) groups is 1. The van der Waals surface area contributed by atoms with Crippen LogP contribution in [0.25, 0.3) is 0 Å². The zero-order valence-electron chi connectivity index (χ0n) is 8.66. The lowest BCUT2D eigenvalue weighted by molar-refractivity contribution is 1.12. The summed E-state index contributed by atoms with van der Waals surface area (Å²) < 4.78 is 0. The van der Waals surface area contributed by atoms with Gasteiger partial charge >= 0.3 is 0 Å². The molecular formula is C10H12N4O. The monoisotopic (exact) mass is 204 g/mol. The third-order valence-electron chi connectivity index (χ3n) is 1.85. The van der Waals surface area contributed by atoms with E-state index in [1.54, 1.807) is 13.3 Å². The molecule has 78 valence electrons. The average molecular weight is 204 g/mol. The minimum atomic E-state index is -0.368. The van der Waals surface area contributed by atoms with E-state index in [2.05, 4.69) is 15.3 Å². The molecule has 0 amide bonds. The molecule has 1 heterocycles. The second kappa shape index (κ2) is 4.96. The molecule has 0 saturated heterocycles. The summed E-state index contributed by atoms with van der Waals surface area (Å²) >= 11 is 0. The minimum Gasteiger partial charge on any atom is -0.345 e. The lowest BCUT2D eigenvalue weighted by Gasteiger charge is -2.04. The van der Waals surface area contributed by atoms with E-state index >= 15 is 0 Å². The zero-order valence-corrected chi connectivity index (χ0v) is 8.66. The van der Waals surface area contributed by atoms with Gasteiger partial charge in [0.05, 0.1) is 12.0 Å². The number of aryl methyl sites for hydroxylation is 1. The Morgan fingerprint density at radius 1 is 1.73 bits per heavy atom. The first-order chi connectivity index (χ1) is 7.19. The van der Waals surface area contributed by atoms with Gasteiger partial charge in [0.25, 0.3) is 5.56 Å². The summed E-state index contributed by atoms with van der Waals surface area (Å²) in [6, 6.07) is 3.33. The topological polar surface area (TPSA) is 81.0 Å². The molecule has 1 rings (SSSR count). The van der Waals surface area contributed by atoms with Crippen molar-refractivity contribution in [3.63, 3.8) is 0 Å². The summed E-state index contributed by atoms with van der Waals surface area (Å²) in [5.41, 5.74) is 1.09. The normalized spacial score (nSPS) is 10.2. The summed E-state index contributed by atoms with van der Waals surface area (Å²) in [5, 5.41) is 11.6. The Hall–Kier alpha value is -2.09. The Balaban J connectivity index is 3.04. The van der Waals surface area contributed by atoms with Gasteiger partial charge in [-0.15, -0.1) is 0 Å². The standard InChI is InChI=1S/C10H12N4O/c1-3-12-6-13-9-4-8(5-11)10(15)14-7(9)2/h4,6H,3H2,1-2H3,(H,12,13)(H,14,15). The molecule has 2 N–H and O–H groups in total. The van der Waals surface area contributed by atoms with E-state index in [0.29, 0.717) is 17.9 Å². The highest BCUT2D eigenvalue weighted by atomic mass is 16.1. The highest BCUT2D eigenvalue weighted by molar-refractivity contribution is 5.77. The smallest absolute Gasteiger partial charge is 0.266 e. The Morgan fingerprint density at radius 3 is 3.07 bits per heavy atom. The Labute approximate surface area is 87.5 Å². The molecule has 0 fully saturated rings. The number of anilines is 1. The van der Waals surface area contributed by atoms with Crippen molar-refractivity contribution in [1.29, 1.82) is 5.26 Å². The fraction of sp³-hybridized carbons (Fsp3) is 0.300. The number of nitrogens with one attached hydrogen (secondary N) is 2. The molecule has 0 aliphatic heterocycles. The number of hydrogen-bond acceptors (Lipinski definition) is 3. The number of aromatic nitrogens is 1. The average Bonchev–Trinajstić information content (AvgIpc) is 2.21. The fourth-order valence-corrected chi connectivity index (χ4v) is 1.06. The largest absolute Gasteiger partial charge is 0.345 e. The number of pyridine rings is 1. The van der Waals surface area contributed by atoms with Gasteiger partial charge in [-0.1, -0.05) is 0 Å². The third-order valence-corrected chi connectivity index (χ3v) is 1.85.